The zero-order valence-corrected chi connectivity index (χ0v) is 23.4. The number of rotatable bonds is 4. The van der Waals surface area contributed by atoms with Crippen LogP contribution in [0.5, 0.6) is 0 Å². The second kappa shape index (κ2) is 9.99. The minimum atomic E-state index is -2.62. The number of benzene rings is 4. The Balaban J connectivity index is 1.21. The van der Waals surface area contributed by atoms with Crippen LogP contribution in [-0.2, 0) is 0 Å². The van der Waals surface area contributed by atoms with Gasteiger partial charge in [-0.25, -0.2) is 4.98 Å². The van der Waals surface area contributed by atoms with E-state index in [0.717, 1.165) is 33.7 Å². The molecule has 2 aromatic heterocycles. The second-order valence-corrected chi connectivity index (χ2v) is 12.1. The Kier molecular flexibility index (Phi) is 4.82. The van der Waals surface area contributed by atoms with Crippen LogP contribution in [0, 0.1) is 19.1 Å². The molecule has 0 amide bonds. The molecular formula is C38H36N2O. The first-order valence-electron chi connectivity index (χ1n) is 17.3. The minimum Gasteiger partial charge on any atom is -0.436 e. The van der Waals surface area contributed by atoms with E-state index < -0.39 is 13.7 Å². The number of pyridine rings is 1. The van der Waals surface area contributed by atoms with Crippen LogP contribution >= 0.6 is 0 Å². The van der Waals surface area contributed by atoms with Gasteiger partial charge in [-0.1, -0.05) is 74.5 Å². The molecule has 3 nitrogen and oxygen atoms in total. The molecule has 6 aromatic rings. The molecule has 3 heteroatoms. The van der Waals surface area contributed by atoms with Gasteiger partial charge < -0.3 is 4.42 Å². The normalized spacial score (nSPS) is 18.3. The summed E-state index contributed by atoms with van der Waals surface area (Å²) in [5.41, 5.74) is 6.70. The maximum Gasteiger partial charge on any atom is 0.227 e. The van der Waals surface area contributed by atoms with Gasteiger partial charge in [0, 0.05) is 30.9 Å². The molecule has 0 atom stereocenters. The van der Waals surface area contributed by atoms with E-state index in [9.17, 15) is 0 Å². The average molecular weight is 543 g/mol. The lowest BCUT2D eigenvalue weighted by Crippen LogP contribution is -2.20. The minimum absolute atomic E-state index is 0.236. The Bertz CT molecular complexity index is 2080. The fraction of sp³-hybridized carbons (Fsp3) is 0.263. The van der Waals surface area contributed by atoms with Crippen LogP contribution in [-0.4, -0.2) is 9.97 Å². The summed E-state index contributed by atoms with van der Waals surface area (Å²) >= 11 is 0. The van der Waals surface area contributed by atoms with E-state index in [1.807, 2.05) is 42.5 Å². The van der Waals surface area contributed by atoms with Crippen LogP contribution in [0.25, 0.3) is 55.7 Å². The lowest BCUT2D eigenvalue weighted by Gasteiger charge is -2.34. The van der Waals surface area contributed by atoms with Gasteiger partial charge in [-0.15, -0.1) is 0 Å². The molecule has 0 spiro atoms. The highest BCUT2D eigenvalue weighted by atomic mass is 16.3. The van der Waals surface area contributed by atoms with Crippen molar-refractivity contribution in [1.29, 1.82) is 0 Å². The first-order valence-corrected chi connectivity index (χ1v) is 14.3. The first-order chi connectivity index (χ1) is 22.3. The van der Waals surface area contributed by atoms with Crippen molar-refractivity contribution in [3.63, 3.8) is 0 Å². The average Bonchev–Trinajstić information content (AvgIpc) is 3.49. The Morgan fingerprint density at radius 2 is 1.51 bits per heavy atom. The van der Waals surface area contributed by atoms with Gasteiger partial charge in [0.2, 0.25) is 5.89 Å². The summed E-state index contributed by atoms with van der Waals surface area (Å²) in [5, 5.41) is 1.63. The van der Waals surface area contributed by atoms with Crippen LogP contribution in [0.1, 0.15) is 70.4 Å². The van der Waals surface area contributed by atoms with Gasteiger partial charge in [0.1, 0.15) is 5.52 Å². The summed E-state index contributed by atoms with van der Waals surface area (Å²) in [7, 11) is 0. The van der Waals surface area contributed by atoms with Gasteiger partial charge in [0.05, 0.1) is 5.69 Å². The third kappa shape index (κ3) is 4.84. The molecule has 41 heavy (non-hydrogen) atoms. The maximum absolute atomic E-state index is 8.01. The molecule has 4 aromatic carbocycles. The molecular weight excluding hydrogens is 500 g/mol. The van der Waals surface area contributed by atoms with Crippen LogP contribution < -0.4 is 0 Å². The molecule has 0 saturated heterocycles. The van der Waals surface area contributed by atoms with Crippen LogP contribution in [0.2, 0.25) is 0 Å². The maximum atomic E-state index is 8.01. The molecule has 0 radical (unpaired) electrons. The summed E-state index contributed by atoms with van der Waals surface area (Å²) in [6.07, 6.45) is 6.20. The number of aryl methyl sites for hydroxylation is 2. The summed E-state index contributed by atoms with van der Waals surface area (Å²) in [5.74, 6) is 1.11. The SMILES string of the molecule is [2H]C([2H])([2H])c1cnc(-c2cccc3ccc4oc(-c5ccc(-c6ccc(C7CCC(C)(C)CC7)cc6)cc5)nc4c23)cc1C([2H])([2H])[2H]. The van der Waals surface area contributed by atoms with Gasteiger partial charge in [0.25, 0.3) is 0 Å². The van der Waals surface area contributed by atoms with Gasteiger partial charge in [-0.05, 0) is 108 Å². The highest BCUT2D eigenvalue weighted by Gasteiger charge is 2.27. The number of oxazole rings is 1. The van der Waals surface area contributed by atoms with Crippen molar-refractivity contribution in [2.75, 3.05) is 0 Å². The summed E-state index contributed by atoms with van der Waals surface area (Å²) in [4.78, 5) is 9.32. The Morgan fingerprint density at radius 3 is 2.24 bits per heavy atom. The Morgan fingerprint density at radius 1 is 0.805 bits per heavy atom. The van der Waals surface area contributed by atoms with E-state index in [-0.39, 0.29) is 11.1 Å². The number of hydrogen-bond acceptors (Lipinski definition) is 3. The monoisotopic (exact) mass is 542 g/mol. The molecule has 0 aliphatic heterocycles. The number of fused-ring (bicyclic) bond motifs is 3. The van der Waals surface area contributed by atoms with Crippen LogP contribution in [0.15, 0.2) is 95.5 Å². The van der Waals surface area contributed by atoms with E-state index in [0.29, 0.717) is 39.6 Å². The number of aromatic nitrogens is 2. The summed E-state index contributed by atoms with van der Waals surface area (Å²) in [6.45, 7) is -0.479. The van der Waals surface area contributed by atoms with Gasteiger partial charge in [-0.3, -0.25) is 4.98 Å². The van der Waals surface area contributed by atoms with Crippen molar-refractivity contribution in [3.05, 3.63) is 108 Å². The summed E-state index contributed by atoms with van der Waals surface area (Å²) < 4.78 is 53.8. The smallest absolute Gasteiger partial charge is 0.227 e. The molecule has 1 aliphatic rings. The van der Waals surface area contributed by atoms with E-state index >= 15 is 0 Å². The lowest BCUT2D eigenvalue weighted by atomic mass is 9.71. The molecule has 1 aliphatic carbocycles. The van der Waals surface area contributed by atoms with E-state index in [2.05, 4.69) is 55.2 Å². The van der Waals surface area contributed by atoms with Crippen molar-refractivity contribution >= 4 is 21.9 Å². The second-order valence-electron chi connectivity index (χ2n) is 12.1. The third-order valence-electron chi connectivity index (χ3n) is 8.77. The molecule has 1 fully saturated rings. The van der Waals surface area contributed by atoms with E-state index in [1.54, 1.807) is 0 Å². The molecule has 0 N–H and O–H groups in total. The van der Waals surface area contributed by atoms with Crippen molar-refractivity contribution < 1.29 is 12.6 Å². The quantitative estimate of drug-likeness (QED) is 0.222. The fourth-order valence-electron chi connectivity index (χ4n) is 6.19. The fourth-order valence-corrected chi connectivity index (χ4v) is 6.19. The zero-order valence-electron chi connectivity index (χ0n) is 29.4. The Labute approximate surface area is 250 Å². The van der Waals surface area contributed by atoms with Gasteiger partial charge in [-0.2, -0.15) is 0 Å². The first kappa shape index (κ1) is 19.8. The highest BCUT2D eigenvalue weighted by Crippen LogP contribution is 2.43. The molecule has 7 rings (SSSR count). The number of hydrogen-bond donors (Lipinski definition) is 0. The third-order valence-corrected chi connectivity index (χ3v) is 8.77. The largest absolute Gasteiger partial charge is 0.436 e. The predicted molar refractivity (Wildman–Crippen MR) is 170 cm³/mol. The van der Waals surface area contributed by atoms with Crippen molar-refractivity contribution in [1.82, 2.24) is 9.97 Å². The van der Waals surface area contributed by atoms with Crippen LogP contribution in [0.4, 0.5) is 0 Å². The topological polar surface area (TPSA) is 38.9 Å². The standard InChI is InChI=1S/C38H36N2O/c1-24-22-33(39-23-25(24)2)32-7-5-6-30-16-17-34-36(35(30)32)40-37(41-34)31-14-12-27(13-15-31)26-8-10-28(11-9-26)29-18-20-38(3,4)21-19-29/h5-17,22-23,29H,18-21H2,1-4H3/i1D3,2D3. The van der Waals surface area contributed by atoms with Crippen molar-refractivity contribution in [2.24, 2.45) is 5.41 Å². The van der Waals surface area contributed by atoms with E-state index in [4.69, 9.17) is 17.6 Å². The van der Waals surface area contributed by atoms with Crippen LogP contribution in [0.3, 0.4) is 0 Å². The number of nitrogens with zero attached hydrogens (tertiary/aromatic N) is 2. The molecule has 204 valence electrons. The predicted octanol–water partition coefficient (Wildman–Crippen LogP) is 10.7. The van der Waals surface area contributed by atoms with E-state index in [1.165, 1.54) is 37.3 Å². The van der Waals surface area contributed by atoms with Gasteiger partial charge >= 0.3 is 0 Å². The zero-order chi connectivity index (χ0) is 33.1. The summed E-state index contributed by atoms with van der Waals surface area (Å²) in [6, 6.07) is 28.0. The molecule has 1 saturated carbocycles. The van der Waals surface area contributed by atoms with Crippen molar-refractivity contribution in [2.45, 2.75) is 59.2 Å². The highest BCUT2D eigenvalue weighted by molar-refractivity contribution is 6.11. The van der Waals surface area contributed by atoms with Gasteiger partial charge in [0.15, 0.2) is 5.58 Å². The molecule has 0 bridgehead atoms. The lowest BCUT2D eigenvalue weighted by molar-refractivity contribution is 0.224. The van der Waals surface area contributed by atoms with Crippen molar-refractivity contribution in [3.8, 4) is 33.8 Å². The molecule has 0 unspecified atom stereocenters. The Hall–Kier alpha value is -4.24. The molecule has 2 heterocycles.